The summed E-state index contributed by atoms with van der Waals surface area (Å²) >= 11 is 0. The van der Waals surface area contributed by atoms with E-state index in [1.165, 1.54) is 11.9 Å². The van der Waals surface area contributed by atoms with Gasteiger partial charge in [0.25, 0.3) is 0 Å². The topological polar surface area (TPSA) is 132 Å². The molecule has 0 atom stereocenters. The Balaban J connectivity index is 1.58. The van der Waals surface area contributed by atoms with Crippen LogP contribution in [0.4, 0.5) is 22.2 Å². The summed E-state index contributed by atoms with van der Waals surface area (Å²) in [5.41, 5.74) is 1.05. The van der Waals surface area contributed by atoms with Crippen LogP contribution in [0.25, 0.3) is 0 Å². The van der Waals surface area contributed by atoms with Gasteiger partial charge in [0.15, 0.2) is 0 Å². The molecule has 0 aliphatic heterocycles. The predicted molar refractivity (Wildman–Crippen MR) is 150 cm³/mol. The predicted octanol–water partition coefficient (Wildman–Crippen LogP) is 4.42. The Labute approximate surface area is 230 Å². The number of hydrogen-bond acceptors (Lipinski definition) is 8. The third-order valence-electron chi connectivity index (χ3n) is 5.67. The van der Waals surface area contributed by atoms with Crippen LogP contribution in [0.5, 0.6) is 0 Å². The third kappa shape index (κ3) is 10.2. The fraction of sp³-hybridized carbons (Fsp3) is 0.483. The van der Waals surface area contributed by atoms with Crippen LogP contribution in [0, 0.1) is 28.6 Å². The number of aromatic nitrogens is 2. The van der Waals surface area contributed by atoms with E-state index in [0.29, 0.717) is 41.9 Å². The molecule has 39 heavy (non-hydrogen) atoms. The van der Waals surface area contributed by atoms with Crippen LogP contribution in [0.2, 0.25) is 0 Å². The highest BCUT2D eigenvalue weighted by atomic mass is 16.6. The van der Waals surface area contributed by atoms with Crippen LogP contribution < -0.4 is 16.0 Å². The maximum atomic E-state index is 12.3. The number of benzene rings is 1. The lowest BCUT2D eigenvalue weighted by Gasteiger charge is -2.24. The molecular formula is C29H37N7O3. The highest BCUT2D eigenvalue weighted by Gasteiger charge is 2.24. The molecule has 2 aromatic rings. The standard InChI is InChI=1S/C29H37N7O3/c1-28(2,3)39-27(38)36(6)19-24(37)31-16-15-29(4,5)14-13-21-18-32-26(35-25(21)33-22-11-12-22)34-23-9-7-20(17-30)8-10-23/h7-10,18,22H,11-12,15-16,19H2,1-6H3,(H,31,37)(H2,32,33,34,35). The highest BCUT2D eigenvalue weighted by Crippen LogP contribution is 2.27. The van der Waals surface area contributed by atoms with Crippen molar-refractivity contribution in [2.75, 3.05) is 30.8 Å². The zero-order valence-corrected chi connectivity index (χ0v) is 23.5. The number of hydrogen-bond donors (Lipinski definition) is 3. The number of nitrogens with one attached hydrogen (secondary N) is 3. The van der Waals surface area contributed by atoms with E-state index in [4.69, 9.17) is 10.00 Å². The summed E-state index contributed by atoms with van der Waals surface area (Å²) in [6.45, 7) is 9.69. The summed E-state index contributed by atoms with van der Waals surface area (Å²) in [6, 6.07) is 9.56. The van der Waals surface area contributed by atoms with Gasteiger partial charge in [-0.1, -0.05) is 11.8 Å². The van der Waals surface area contributed by atoms with E-state index in [0.717, 1.165) is 18.5 Å². The van der Waals surface area contributed by atoms with Gasteiger partial charge in [0.1, 0.15) is 18.0 Å². The molecular weight excluding hydrogens is 494 g/mol. The number of anilines is 3. The lowest BCUT2D eigenvalue weighted by atomic mass is 9.90. The largest absolute Gasteiger partial charge is 0.444 e. The molecule has 1 fully saturated rings. The van der Waals surface area contributed by atoms with Crippen molar-refractivity contribution in [3.05, 3.63) is 41.6 Å². The number of nitrogens with zero attached hydrogens (tertiary/aromatic N) is 4. The number of carbonyl (C=O) groups is 2. The molecule has 1 saturated carbocycles. The molecule has 206 valence electrons. The monoisotopic (exact) mass is 531 g/mol. The van der Waals surface area contributed by atoms with Gasteiger partial charge >= 0.3 is 6.09 Å². The first-order valence-electron chi connectivity index (χ1n) is 13.0. The molecule has 10 nitrogen and oxygen atoms in total. The lowest BCUT2D eigenvalue weighted by Crippen LogP contribution is -2.41. The number of ether oxygens (including phenoxy) is 1. The van der Waals surface area contributed by atoms with E-state index < -0.39 is 11.7 Å². The zero-order valence-electron chi connectivity index (χ0n) is 23.5. The summed E-state index contributed by atoms with van der Waals surface area (Å²) in [5, 5.41) is 18.4. The minimum Gasteiger partial charge on any atom is -0.444 e. The number of amides is 2. The van der Waals surface area contributed by atoms with E-state index >= 15 is 0 Å². The normalized spacial score (nSPS) is 12.8. The van der Waals surface area contributed by atoms with Crippen LogP contribution >= 0.6 is 0 Å². The first kappa shape index (κ1) is 29.2. The molecule has 0 radical (unpaired) electrons. The first-order chi connectivity index (χ1) is 18.3. The first-order valence-corrected chi connectivity index (χ1v) is 13.0. The van der Waals surface area contributed by atoms with Crippen molar-refractivity contribution in [3.63, 3.8) is 0 Å². The Morgan fingerprint density at radius 2 is 1.85 bits per heavy atom. The van der Waals surface area contributed by atoms with Crippen molar-refractivity contribution in [3.8, 4) is 17.9 Å². The Kier molecular flexibility index (Phi) is 9.37. The summed E-state index contributed by atoms with van der Waals surface area (Å²) < 4.78 is 5.27. The number of rotatable bonds is 9. The molecule has 3 N–H and O–H groups in total. The van der Waals surface area contributed by atoms with Crippen molar-refractivity contribution in [2.45, 2.75) is 65.5 Å². The Bertz CT molecular complexity index is 1280. The third-order valence-corrected chi connectivity index (χ3v) is 5.67. The van der Waals surface area contributed by atoms with Gasteiger partial charge in [0.2, 0.25) is 11.9 Å². The molecule has 10 heteroatoms. The average molecular weight is 532 g/mol. The molecule has 3 rings (SSSR count). The van der Waals surface area contributed by atoms with Crippen molar-refractivity contribution in [1.29, 1.82) is 5.26 Å². The van der Waals surface area contributed by atoms with Gasteiger partial charge in [0, 0.05) is 30.7 Å². The van der Waals surface area contributed by atoms with Crippen LogP contribution in [0.3, 0.4) is 0 Å². The summed E-state index contributed by atoms with van der Waals surface area (Å²) in [5.74, 6) is 7.36. The maximum Gasteiger partial charge on any atom is 0.410 e. The van der Waals surface area contributed by atoms with Gasteiger partial charge in [-0.15, -0.1) is 0 Å². The smallest absolute Gasteiger partial charge is 0.410 e. The van der Waals surface area contributed by atoms with E-state index in [9.17, 15) is 9.59 Å². The van der Waals surface area contributed by atoms with Crippen LogP contribution in [-0.4, -0.2) is 58.6 Å². The SMILES string of the molecule is CN(CC(=O)NCCC(C)(C)C#Cc1cnc(Nc2ccc(C#N)cc2)nc1NC1CC1)C(=O)OC(C)(C)C. The van der Waals surface area contributed by atoms with Gasteiger partial charge < -0.3 is 25.6 Å². The van der Waals surface area contributed by atoms with E-state index in [1.54, 1.807) is 51.2 Å². The van der Waals surface area contributed by atoms with Gasteiger partial charge in [-0.05, 0) is 78.1 Å². The molecule has 1 aliphatic carbocycles. The Morgan fingerprint density at radius 3 is 2.46 bits per heavy atom. The summed E-state index contributed by atoms with van der Waals surface area (Å²) in [6.07, 6.45) is 3.94. The number of nitriles is 1. The second-order valence-electron chi connectivity index (χ2n) is 11.3. The Hall–Kier alpha value is -4.31. The van der Waals surface area contributed by atoms with Crippen molar-refractivity contribution in [1.82, 2.24) is 20.2 Å². The fourth-order valence-corrected chi connectivity index (χ4v) is 3.31. The Morgan fingerprint density at radius 1 is 1.15 bits per heavy atom. The van der Waals surface area contributed by atoms with Crippen LogP contribution in [-0.2, 0) is 9.53 Å². The minimum atomic E-state index is -0.620. The van der Waals surface area contributed by atoms with Gasteiger partial charge in [-0.25, -0.2) is 9.78 Å². The fourth-order valence-electron chi connectivity index (χ4n) is 3.31. The summed E-state index contributed by atoms with van der Waals surface area (Å²) in [4.78, 5) is 34.7. The van der Waals surface area contributed by atoms with Crippen molar-refractivity contribution in [2.24, 2.45) is 5.41 Å². The second-order valence-corrected chi connectivity index (χ2v) is 11.3. The van der Waals surface area contributed by atoms with Gasteiger partial charge in [-0.2, -0.15) is 10.2 Å². The zero-order chi connectivity index (χ0) is 28.6. The van der Waals surface area contributed by atoms with Crippen LogP contribution in [0.1, 0.15) is 65.0 Å². The summed E-state index contributed by atoms with van der Waals surface area (Å²) in [7, 11) is 1.53. The molecule has 1 heterocycles. The average Bonchev–Trinajstić information content (AvgIpc) is 3.67. The van der Waals surface area contributed by atoms with E-state index in [2.05, 4.69) is 43.8 Å². The second kappa shape index (κ2) is 12.5. The number of carbonyl (C=O) groups excluding carboxylic acids is 2. The molecule has 1 aromatic carbocycles. The molecule has 2 amide bonds. The highest BCUT2D eigenvalue weighted by molar-refractivity contribution is 5.82. The molecule has 0 saturated heterocycles. The lowest BCUT2D eigenvalue weighted by molar-refractivity contribution is -0.122. The van der Waals surface area contributed by atoms with E-state index in [1.807, 2.05) is 13.8 Å². The van der Waals surface area contributed by atoms with Gasteiger partial charge in [0.05, 0.1) is 23.4 Å². The molecule has 1 aromatic heterocycles. The van der Waals surface area contributed by atoms with Crippen molar-refractivity contribution < 1.29 is 14.3 Å². The molecule has 0 bridgehead atoms. The van der Waals surface area contributed by atoms with Crippen molar-refractivity contribution >= 4 is 29.5 Å². The molecule has 0 spiro atoms. The molecule has 0 unspecified atom stereocenters. The van der Waals surface area contributed by atoms with Crippen LogP contribution in [0.15, 0.2) is 30.5 Å². The molecule has 1 aliphatic rings. The van der Waals surface area contributed by atoms with Gasteiger partial charge in [-0.3, -0.25) is 4.79 Å². The van der Waals surface area contributed by atoms with E-state index in [-0.39, 0.29) is 17.9 Å². The maximum absolute atomic E-state index is 12.3. The minimum absolute atomic E-state index is 0.0859. The number of likely N-dealkylation sites (N-methyl/N-ethyl adjacent to an activating group) is 1. The quantitative estimate of drug-likeness (QED) is 0.405.